The zero-order valence-electron chi connectivity index (χ0n) is 9.66. The minimum absolute atomic E-state index is 0.0711. The molecule has 0 spiro atoms. The predicted molar refractivity (Wildman–Crippen MR) is 64.7 cm³/mol. The third kappa shape index (κ3) is 3.69. The number of rotatable bonds is 6. The zero-order chi connectivity index (χ0) is 13.8. The average molecular weight is 274 g/mol. The highest BCUT2D eigenvalue weighted by atomic mass is 32.2. The molecular formula is C10H14N2O5S. The highest BCUT2D eigenvalue weighted by Crippen LogP contribution is 2.19. The number of para-hydroxylation sites is 1. The normalized spacial score (nSPS) is 13.0. The highest BCUT2D eigenvalue weighted by Gasteiger charge is 2.18. The van der Waals surface area contributed by atoms with E-state index in [1.165, 1.54) is 25.3 Å². The van der Waals surface area contributed by atoms with Gasteiger partial charge in [-0.25, -0.2) is 18.4 Å². The summed E-state index contributed by atoms with van der Waals surface area (Å²) in [5.74, 6) is -1.14. The second kappa shape index (κ2) is 5.80. The first kappa shape index (κ1) is 14.4. The van der Waals surface area contributed by atoms with Crippen molar-refractivity contribution in [1.29, 1.82) is 0 Å². The monoisotopic (exact) mass is 274 g/mol. The first-order chi connectivity index (χ1) is 8.36. The van der Waals surface area contributed by atoms with E-state index in [1.807, 2.05) is 0 Å². The van der Waals surface area contributed by atoms with E-state index >= 15 is 0 Å². The van der Waals surface area contributed by atoms with Crippen LogP contribution in [0.4, 0.5) is 5.69 Å². The molecule has 4 N–H and O–H groups in total. The van der Waals surface area contributed by atoms with Gasteiger partial charge in [0.1, 0.15) is 4.90 Å². The molecule has 0 saturated heterocycles. The Balaban J connectivity index is 2.89. The molecule has 1 aromatic rings. The molecule has 0 aliphatic heterocycles. The molecule has 0 amide bonds. The third-order valence-corrected chi connectivity index (χ3v) is 3.20. The molecule has 0 saturated carbocycles. The smallest absolute Gasteiger partial charge is 0.334 e. The number of methoxy groups -OCH3 is 1. The lowest BCUT2D eigenvalue weighted by Gasteiger charge is -2.14. The first-order valence-corrected chi connectivity index (χ1v) is 6.52. The number of hydrogen-bond donors (Lipinski definition) is 3. The number of carboxylic acids is 1. The largest absolute Gasteiger partial charge is 0.479 e. The summed E-state index contributed by atoms with van der Waals surface area (Å²) >= 11 is 0. The predicted octanol–water partition coefficient (Wildman–Crippen LogP) is -0.154. The van der Waals surface area contributed by atoms with Crippen molar-refractivity contribution in [3.63, 3.8) is 0 Å². The van der Waals surface area contributed by atoms with E-state index in [0.717, 1.165) is 0 Å². The molecular weight excluding hydrogens is 260 g/mol. The van der Waals surface area contributed by atoms with Crippen LogP contribution in [0, 0.1) is 0 Å². The zero-order valence-corrected chi connectivity index (χ0v) is 10.5. The minimum atomic E-state index is -3.86. The molecule has 1 unspecified atom stereocenters. The Hall–Kier alpha value is -1.64. The van der Waals surface area contributed by atoms with E-state index < -0.39 is 22.1 Å². The van der Waals surface area contributed by atoms with Gasteiger partial charge >= 0.3 is 5.97 Å². The summed E-state index contributed by atoms with van der Waals surface area (Å²) < 4.78 is 27.3. The molecule has 0 fully saturated rings. The molecule has 0 aliphatic carbocycles. The Morgan fingerprint density at radius 2 is 2.11 bits per heavy atom. The molecule has 1 rings (SSSR count). The summed E-state index contributed by atoms with van der Waals surface area (Å²) in [5.41, 5.74) is 0.239. The van der Waals surface area contributed by atoms with Gasteiger partial charge in [0.15, 0.2) is 6.10 Å². The van der Waals surface area contributed by atoms with Crippen LogP contribution in [-0.4, -0.2) is 39.3 Å². The molecule has 8 heteroatoms. The number of aliphatic carboxylic acids is 1. The van der Waals surface area contributed by atoms with Gasteiger partial charge in [-0.2, -0.15) is 0 Å². The van der Waals surface area contributed by atoms with E-state index in [4.69, 9.17) is 15.0 Å². The maximum atomic E-state index is 11.3. The number of hydrogen-bond acceptors (Lipinski definition) is 5. The molecule has 0 radical (unpaired) electrons. The number of carbonyl (C=O) groups is 1. The number of primary sulfonamides is 1. The lowest BCUT2D eigenvalue weighted by Crippen LogP contribution is -2.31. The summed E-state index contributed by atoms with van der Waals surface area (Å²) in [4.78, 5) is 10.6. The van der Waals surface area contributed by atoms with Crippen molar-refractivity contribution < 1.29 is 23.1 Å². The topological polar surface area (TPSA) is 119 Å². The quantitative estimate of drug-likeness (QED) is 0.663. The fourth-order valence-electron chi connectivity index (χ4n) is 1.33. The Morgan fingerprint density at radius 1 is 1.50 bits per heavy atom. The van der Waals surface area contributed by atoms with Crippen LogP contribution in [0.15, 0.2) is 29.2 Å². The van der Waals surface area contributed by atoms with Crippen LogP contribution in [0.5, 0.6) is 0 Å². The average Bonchev–Trinajstić information content (AvgIpc) is 2.28. The number of sulfonamides is 1. The molecule has 0 heterocycles. The number of nitrogens with two attached hydrogens (primary N) is 1. The summed E-state index contributed by atoms with van der Waals surface area (Å²) in [5, 5.41) is 16.5. The molecule has 100 valence electrons. The number of anilines is 1. The minimum Gasteiger partial charge on any atom is -0.479 e. The van der Waals surface area contributed by atoms with Crippen LogP contribution in [0.25, 0.3) is 0 Å². The van der Waals surface area contributed by atoms with Crippen LogP contribution in [0.1, 0.15) is 0 Å². The van der Waals surface area contributed by atoms with Gasteiger partial charge in [-0.15, -0.1) is 0 Å². The van der Waals surface area contributed by atoms with Crippen molar-refractivity contribution in [3.8, 4) is 0 Å². The maximum absolute atomic E-state index is 11.3. The molecule has 7 nitrogen and oxygen atoms in total. The van der Waals surface area contributed by atoms with Gasteiger partial charge in [0.2, 0.25) is 10.0 Å². The van der Waals surface area contributed by atoms with E-state index in [9.17, 15) is 13.2 Å². The van der Waals surface area contributed by atoms with Gasteiger partial charge in [0.05, 0.1) is 12.2 Å². The van der Waals surface area contributed by atoms with Crippen molar-refractivity contribution in [1.82, 2.24) is 0 Å². The van der Waals surface area contributed by atoms with Gasteiger partial charge in [-0.1, -0.05) is 12.1 Å². The van der Waals surface area contributed by atoms with Crippen LogP contribution in [-0.2, 0) is 19.6 Å². The summed E-state index contributed by atoms with van der Waals surface area (Å²) in [6, 6.07) is 5.96. The van der Waals surface area contributed by atoms with Crippen molar-refractivity contribution >= 4 is 21.7 Å². The summed E-state index contributed by atoms with van der Waals surface area (Å²) in [6.07, 6.45) is -1.07. The number of nitrogens with one attached hydrogen (secondary N) is 1. The van der Waals surface area contributed by atoms with Gasteiger partial charge < -0.3 is 15.2 Å². The summed E-state index contributed by atoms with van der Waals surface area (Å²) in [7, 11) is -2.60. The Kier molecular flexibility index (Phi) is 4.65. The molecule has 0 aromatic heterocycles. The molecule has 18 heavy (non-hydrogen) atoms. The Bertz CT molecular complexity index is 529. The van der Waals surface area contributed by atoms with Crippen LogP contribution in [0.3, 0.4) is 0 Å². The Labute approximate surface area is 105 Å². The van der Waals surface area contributed by atoms with Crippen LogP contribution >= 0.6 is 0 Å². The van der Waals surface area contributed by atoms with E-state index in [-0.39, 0.29) is 17.1 Å². The van der Waals surface area contributed by atoms with Crippen molar-refractivity contribution in [3.05, 3.63) is 24.3 Å². The van der Waals surface area contributed by atoms with Gasteiger partial charge in [-0.05, 0) is 12.1 Å². The van der Waals surface area contributed by atoms with E-state index in [0.29, 0.717) is 0 Å². The van der Waals surface area contributed by atoms with Crippen molar-refractivity contribution in [2.24, 2.45) is 5.14 Å². The second-order valence-corrected chi connectivity index (χ2v) is 5.01. The van der Waals surface area contributed by atoms with E-state index in [2.05, 4.69) is 5.32 Å². The van der Waals surface area contributed by atoms with Gasteiger partial charge in [-0.3, -0.25) is 0 Å². The summed E-state index contributed by atoms with van der Waals surface area (Å²) in [6.45, 7) is -0.0711. The number of ether oxygens (including phenoxy) is 1. The van der Waals surface area contributed by atoms with Crippen molar-refractivity contribution in [2.75, 3.05) is 19.0 Å². The SMILES string of the molecule is COC(CNc1ccccc1S(N)(=O)=O)C(=O)O. The lowest BCUT2D eigenvalue weighted by molar-refractivity contribution is -0.147. The first-order valence-electron chi connectivity index (χ1n) is 4.97. The standard InChI is InChI=1S/C10H14N2O5S/c1-17-8(10(13)14)6-12-7-4-2-3-5-9(7)18(11,15)16/h2-5,8,12H,6H2,1H3,(H,13,14)(H2,11,15,16). The van der Waals surface area contributed by atoms with E-state index in [1.54, 1.807) is 6.07 Å². The number of benzene rings is 1. The third-order valence-electron chi connectivity index (χ3n) is 2.23. The molecule has 0 bridgehead atoms. The second-order valence-electron chi connectivity index (χ2n) is 3.48. The van der Waals surface area contributed by atoms with Crippen molar-refractivity contribution in [2.45, 2.75) is 11.0 Å². The highest BCUT2D eigenvalue weighted by molar-refractivity contribution is 7.89. The van der Waals surface area contributed by atoms with Gasteiger partial charge in [0, 0.05) is 7.11 Å². The lowest BCUT2D eigenvalue weighted by atomic mass is 10.3. The molecule has 0 aliphatic rings. The van der Waals surface area contributed by atoms with Crippen LogP contribution in [0.2, 0.25) is 0 Å². The Morgan fingerprint density at radius 3 is 2.61 bits per heavy atom. The fraction of sp³-hybridized carbons (Fsp3) is 0.300. The molecule has 1 aromatic carbocycles. The number of carboxylic acid groups (broad SMARTS) is 1. The van der Waals surface area contributed by atoms with Crippen LogP contribution < -0.4 is 10.5 Å². The maximum Gasteiger partial charge on any atom is 0.334 e. The molecule has 1 atom stereocenters. The van der Waals surface area contributed by atoms with Gasteiger partial charge in [0.25, 0.3) is 0 Å². The fourth-order valence-corrected chi connectivity index (χ4v) is 2.05.